The van der Waals surface area contributed by atoms with Crippen LogP contribution in [0.4, 0.5) is 0 Å². The molecular formula is C10H18N2O. The van der Waals surface area contributed by atoms with E-state index in [1.807, 2.05) is 6.07 Å². The Morgan fingerprint density at radius 2 is 2.15 bits per heavy atom. The van der Waals surface area contributed by atoms with Gasteiger partial charge < -0.3 is 5.32 Å². The molecule has 1 N–H and O–H groups in total. The highest BCUT2D eigenvalue weighted by Gasteiger charge is 2.09. The van der Waals surface area contributed by atoms with Gasteiger partial charge in [-0.05, 0) is 13.3 Å². The molecule has 0 aromatic rings. The van der Waals surface area contributed by atoms with Crippen LogP contribution in [0, 0.1) is 17.2 Å². The van der Waals surface area contributed by atoms with Crippen LogP contribution in [-0.2, 0) is 4.79 Å². The van der Waals surface area contributed by atoms with E-state index in [1.54, 1.807) is 6.92 Å². The Morgan fingerprint density at radius 3 is 2.69 bits per heavy atom. The van der Waals surface area contributed by atoms with Crippen LogP contribution in [-0.4, -0.2) is 12.5 Å². The monoisotopic (exact) mass is 182 g/mol. The van der Waals surface area contributed by atoms with E-state index in [-0.39, 0.29) is 5.91 Å². The van der Waals surface area contributed by atoms with Crippen LogP contribution in [0.25, 0.3) is 0 Å². The maximum atomic E-state index is 11.1. The Balaban J connectivity index is 3.33. The number of hydrogen-bond donors (Lipinski definition) is 1. The molecule has 1 amide bonds. The molecule has 0 aromatic heterocycles. The first kappa shape index (κ1) is 12.0. The molecular weight excluding hydrogens is 164 g/mol. The van der Waals surface area contributed by atoms with E-state index in [4.69, 9.17) is 5.26 Å². The first-order chi connectivity index (χ1) is 6.22. The zero-order valence-corrected chi connectivity index (χ0v) is 8.47. The van der Waals surface area contributed by atoms with Gasteiger partial charge in [0, 0.05) is 6.54 Å². The van der Waals surface area contributed by atoms with Gasteiger partial charge in [-0.15, -0.1) is 0 Å². The summed E-state index contributed by atoms with van der Waals surface area (Å²) in [4.78, 5) is 11.1. The minimum absolute atomic E-state index is 0.154. The standard InChI is InChI=1S/C10H18N2O/c1-3-4-5-6-7-12-10(13)9(2)8-11/h9H,3-7H2,1-2H3,(H,12,13). The number of unbranched alkanes of at least 4 members (excludes halogenated alkanes) is 3. The molecule has 74 valence electrons. The van der Waals surface area contributed by atoms with E-state index in [0.29, 0.717) is 6.54 Å². The van der Waals surface area contributed by atoms with Gasteiger partial charge in [-0.1, -0.05) is 26.2 Å². The zero-order chi connectivity index (χ0) is 10.1. The third kappa shape index (κ3) is 6.15. The van der Waals surface area contributed by atoms with E-state index in [1.165, 1.54) is 12.8 Å². The highest BCUT2D eigenvalue weighted by atomic mass is 16.1. The fourth-order valence-corrected chi connectivity index (χ4v) is 0.975. The summed E-state index contributed by atoms with van der Waals surface area (Å²) in [6.45, 7) is 4.46. The lowest BCUT2D eigenvalue weighted by Crippen LogP contribution is -2.29. The number of carbonyl (C=O) groups is 1. The molecule has 0 aromatic carbocycles. The maximum absolute atomic E-state index is 11.1. The van der Waals surface area contributed by atoms with Gasteiger partial charge in [0.15, 0.2) is 0 Å². The second-order valence-electron chi connectivity index (χ2n) is 3.20. The van der Waals surface area contributed by atoms with Crippen LogP contribution in [0.5, 0.6) is 0 Å². The zero-order valence-electron chi connectivity index (χ0n) is 8.47. The molecule has 0 radical (unpaired) electrons. The van der Waals surface area contributed by atoms with Gasteiger partial charge in [0.1, 0.15) is 5.92 Å². The molecule has 1 unspecified atom stereocenters. The largest absolute Gasteiger partial charge is 0.355 e. The van der Waals surface area contributed by atoms with Crippen molar-refractivity contribution in [2.75, 3.05) is 6.54 Å². The number of nitrogens with zero attached hydrogens (tertiary/aromatic N) is 1. The van der Waals surface area contributed by atoms with Gasteiger partial charge >= 0.3 is 0 Å². The minimum Gasteiger partial charge on any atom is -0.355 e. The van der Waals surface area contributed by atoms with E-state index in [9.17, 15) is 4.79 Å². The van der Waals surface area contributed by atoms with E-state index >= 15 is 0 Å². The first-order valence-electron chi connectivity index (χ1n) is 4.89. The minimum atomic E-state index is -0.522. The quantitative estimate of drug-likeness (QED) is 0.637. The van der Waals surface area contributed by atoms with Gasteiger partial charge in [0.25, 0.3) is 0 Å². The molecule has 0 bridgehead atoms. The van der Waals surface area contributed by atoms with Crippen LogP contribution < -0.4 is 5.32 Å². The van der Waals surface area contributed by atoms with Crippen LogP contribution >= 0.6 is 0 Å². The molecule has 0 spiro atoms. The summed E-state index contributed by atoms with van der Waals surface area (Å²) in [7, 11) is 0. The second kappa shape index (κ2) is 7.60. The van der Waals surface area contributed by atoms with Crippen molar-refractivity contribution in [1.29, 1.82) is 5.26 Å². The van der Waals surface area contributed by atoms with Crippen LogP contribution in [0.3, 0.4) is 0 Å². The summed E-state index contributed by atoms with van der Waals surface area (Å²) >= 11 is 0. The van der Waals surface area contributed by atoms with Crippen LogP contribution in [0.1, 0.15) is 39.5 Å². The van der Waals surface area contributed by atoms with Gasteiger partial charge in [-0.25, -0.2) is 0 Å². The smallest absolute Gasteiger partial charge is 0.237 e. The average molecular weight is 182 g/mol. The molecule has 3 nitrogen and oxygen atoms in total. The van der Waals surface area contributed by atoms with Crippen molar-refractivity contribution in [1.82, 2.24) is 5.32 Å². The van der Waals surface area contributed by atoms with Crippen molar-refractivity contribution >= 4 is 5.91 Å². The van der Waals surface area contributed by atoms with Crippen molar-refractivity contribution in [2.24, 2.45) is 5.92 Å². The molecule has 0 aliphatic heterocycles. The summed E-state index contributed by atoms with van der Waals surface area (Å²) in [5.74, 6) is -0.676. The van der Waals surface area contributed by atoms with Crippen molar-refractivity contribution in [3.8, 4) is 6.07 Å². The van der Waals surface area contributed by atoms with Crippen LogP contribution in [0.2, 0.25) is 0 Å². The SMILES string of the molecule is CCCCCCNC(=O)C(C)C#N. The highest BCUT2D eigenvalue weighted by Crippen LogP contribution is 1.98. The number of amides is 1. The number of rotatable bonds is 6. The van der Waals surface area contributed by atoms with Crippen molar-refractivity contribution < 1.29 is 4.79 Å². The molecule has 0 saturated heterocycles. The van der Waals surface area contributed by atoms with E-state index in [2.05, 4.69) is 12.2 Å². The first-order valence-corrected chi connectivity index (χ1v) is 4.89. The molecule has 0 aliphatic carbocycles. The summed E-state index contributed by atoms with van der Waals surface area (Å²) in [6.07, 6.45) is 4.57. The number of hydrogen-bond acceptors (Lipinski definition) is 2. The lowest BCUT2D eigenvalue weighted by molar-refractivity contribution is -0.122. The summed E-state index contributed by atoms with van der Waals surface area (Å²) in [5, 5.41) is 11.2. The van der Waals surface area contributed by atoms with E-state index < -0.39 is 5.92 Å². The number of nitriles is 1. The highest BCUT2D eigenvalue weighted by molar-refractivity contribution is 5.80. The van der Waals surface area contributed by atoms with Crippen molar-refractivity contribution in [3.05, 3.63) is 0 Å². The lowest BCUT2D eigenvalue weighted by Gasteiger charge is -2.05. The molecule has 1 atom stereocenters. The third-order valence-electron chi connectivity index (χ3n) is 1.92. The van der Waals surface area contributed by atoms with Gasteiger partial charge in [0.2, 0.25) is 5.91 Å². The predicted octanol–water partition coefficient (Wildman–Crippen LogP) is 1.84. The molecule has 0 aliphatic rings. The Hall–Kier alpha value is -1.04. The maximum Gasteiger partial charge on any atom is 0.237 e. The molecule has 13 heavy (non-hydrogen) atoms. The molecule has 3 heteroatoms. The third-order valence-corrected chi connectivity index (χ3v) is 1.92. The molecule has 0 rings (SSSR count). The summed E-state index contributed by atoms with van der Waals surface area (Å²) in [6, 6.07) is 1.90. The van der Waals surface area contributed by atoms with Crippen LogP contribution in [0.15, 0.2) is 0 Å². The summed E-state index contributed by atoms with van der Waals surface area (Å²) in [5.41, 5.74) is 0. The normalized spacial score (nSPS) is 11.8. The van der Waals surface area contributed by atoms with Crippen molar-refractivity contribution in [3.63, 3.8) is 0 Å². The Kier molecular flexibility index (Phi) is 6.99. The number of carbonyl (C=O) groups excluding carboxylic acids is 1. The Labute approximate surface area is 80.1 Å². The Bertz CT molecular complexity index is 184. The predicted molar refractivity (Wildman–Crippen MR) is 51.9 cm³/mol. The van der Waals surface area contributed by atoms with Gasteiger partial charge in [-0.3, -0.25) is 4.79 Å². The lowest BCUT2D eigenvalue weighted by atomic mass is 10.2. The molecule has 0 saturated carbocycles. The Morgan fingerprint density at radius 1 is 1.46 bits per heavy atom. The van der Waals surface area contributed by atoms with Crippen molar-refractivity contribution in [2.45, 2.75) is 39.5 Å². The fraction of sp³-hybridized carbons (Fsp3) is 0.800. The van der Waals surface area contributed by atoms with Gasteiger partial charge in [0.05, 0.1) is 6.07 Å². The fourth-order valence-electron chi connectivity index (χ4n) is 0.975. The average Bonchev–Trinajstić information content (AvgIpc) is 2.16. The number of nitrogens with one attached hydrogen (secondary N) is 1. The second-order valence-corrected chi connectivity index (χ2v) is 3.20. The molecule has 0 heterocycles. The summed E-state index contributed by atoms with van der Waals surface area (Å²) < 4.78 is 0. The van der Waals surface area contributed by atoms with Gasteiger partial charge in [-0.2, -0.15) is 5.26 Å². The molecule has 0 fully saturated rings. The topological polar surface area (TPSA) is 52.9 Å². The van der Waals surface area contributed by atoms with E-state index in [0.717, 1.165) is 12.8 Å².